The molecule has 3 nitrogen and oxygen atoms in total. The van der Waals surface area contributed by atoms with E-state index in [1.54, 1.807) is 31.3 Å². The third-order valence-electron chi connectivity index (χ3n) is 1.98. The van der Waals surface area contributed by atoms with Gasteiger partial charge in [-0.1, -0.05) is 5.92 Å². The summed E-state index contributed by atoms with van der Waals surface area (Å²) in [5, 5.41) is 0.848. The Bertz CT molecular complexity index is 579. The molecule has 0 aliphatic carbocycles. The highest BCUT2D eigenvalue weighted by Crippen LogP contribution is 2.11. The van der Waals surface area contributed by atoms with Crippen molar-refractivity contribution in [2.45, 2.75) is 6.92 Å². The van der Waals surface area contributed by atoms with Crippen LogP contribution in [0.15, 0.2) is 24.4 Å². The van der Waals surface area contributed by atoms with Crippen LogP contribution in [0.3, 0.4) is 0 Å². The van der Waals surface area contributed by atoms with Gasteiger partial charge in [-0.2, -0.15) is 0 Å². The van der Waals surface area contributed by atoms with Crippen molar-refractivity contribution in [3.05, 3.63) is 35.8 Å². The minimum Gasteiger partial charge on any atom is -0.298 e. The van der Waals surface area contributed by atoms with E-state index in [0.717, 1.165) is 17.2 Å². The highest BCUT2D eigenvalue weighted by Gasteiger charge is 1.98. The van der Waals surface area contributed by atoms with Gasteiger partial charge in [-0.05, 0) is 31.0 Å². The lowest BCUT2D eigenvalue weighted by Crippen LogP contribution is -1.90. The van der Waals surface area contributed by atoms with Crippen LogP contribution in [-0.2, 0) is 0 Å². The maximum absolute atomic E-state index is 10.6. The van der Waals surface area contributed by atoms with Crippen LogP contribution in [0.5, 0.6) is 0 Å². The van der Waals surface area contributed by atoms with Gasteiger partial charge >= 0.3 is 0 Å². The topological polar surface area (TPSA) is 42.9 Å². The summed E-state index contributed by atoms with van der Waals surface area (Å²) in [6.07, 6.45) is 2.48. The van der Waals surface area contributed by atoms with Gasteiger partial charge in [0.1, 0.15) is 6.29 Å². The lowest BCUT2D eigenvalue weighted by atomic mass is 10.2. The zero-order valence-corrected chi connectivity index (χ0v) is 8.19. The van der Waals surface area contributed by atoms with Crippen LogP contribution in [0.25, 0.3) is 10.9 Å². The second-order valence-corrected chi connectivity index (χ2v) is 3.00. The predicted molar refractivity (Wildman–Crippen MR) is 57.5 cm³/mol. The number of fused-ring (bicyclic) bond motifs is 1. The molecule has 0 amide bonds. The summed E-state index contributed by atoms with van der Waals surface area (Å²) >= 11 is 0. The minimum atomic E-state index is 0.504. The number of carbonyl (C=O) groups is 1. The number of benzene rings is 1. The van der Waals surface area contributed by atoms with Gasteiger partial charge < -0.3 is 0 Å². The zero-order chi connectivity index (χ0) is 10.7. The van der Waals surface area contributed by atoms with Crippen molar-refractivity contribution in [2.24, 2.45) is 0 Å². The van der Waals surface area contributed by atoms with E-state index in [9.17, 15) is 4.79 Å². The number of rotatable bonds is 1. The Morgan fingerprint density at radius 3 is 3.00 bits per heavy atom. The van der Waals surface area contributed by atoms with E-state index < -0.39 is 0 Å². The number of hydrogen-bond acceptors (Lipinski definition) is 3. The molecule has 0 bridgehead atoms. The highest BCUT2D eigenvalue weighted by atomic mass is 16.1. The summed E-state index contributed by atoms with van der Waals surface area (Å²) in [6, 6.07) is 5.28. The molecular formula is C12H8N2O. The quantitative estimate of drug-likeness (QED) is 0.516. The Hall–Kier alpha value is -2.21. The first-order valence-corrected chi connectivity index (χ1v) is 4.48. The Morgan fingerprint density at radius 2 is 2.27 bits per heavy atom. The van der Waals surface area contributed by atoms with Crippen LogP contribution >= 0.6 is 0 Å². The van der Waals surface area contributed by atoms with Crippen LogP contribution in [0, 0.1) is 11.8 Å². The molecule has 0 aliphatic heterocycles. The van der Waals surface area contributed by atoms with Crippen LogP contribution in [0.4, 0.5) is 0 Å². The van der Waals surface area contributed by atoms with Crippen LogP contribution in [0.1, 0.15) is 23.1 Å². The third kappa shape index (κ3) is 1.84. The van der Waals surface area contributed by atoms with Crippen LogP contribution < -0.4 is 0 Å². The lowest BCUT2D eigenvalue weighted by molar-refractivity contribution is 0.112. The molecule has 0 fully saturated rings. The maximum Gasteiger partial charge on any atom is 0.205 e. The Kier molecular flexibility index (Phi) is 2.42. The van der Waals surface area contributed by atoms with E-state index in [0.29, 0.717) is 11.4 Å². The summed E-state index contributed by atoms with van der Waals surface area (Å²) < 4.78 is 0. The molecule has 0 aliphatic rings. The molecule has 0 saturated carbocycles. The highest BCUT2D eigenvalue weighted by molar-refractivity contribution is 5.86. The third-order valence-corrected chi connectivity index (χ3v) is 1.98. The predicted octanol–water partition coefficient (Wildman–Crippen LogP) is 1.81. The number of hydrogen-bond donors (Lipinski definition) is 0. The molecular weight excluding hydrogens is 188 g/mol. The SMILES string of the molecule is CC#Cc1ncc2cc(C=O)ccc2n1. The first kappa shape index (κ1) is 9.35. The van der Waals surface area contributed by atoms with Crippen LogP contribution in [0.2, 0.25) is 0 Å². The molecule has 1 aromatic heterocycles. The fourth-order valence-electron chi connectivity index (χ4n) is 1.30. The largest absolute Gasteiger partial charge is 0.298 e. The summed E-state index contributed by atoms with van der Waals surface area (Å²) in [7, 11) is 0. The lowest BCUT2D eigenvalue weighted by Gasteiger charge is -1.97. The number of aromatic nitrogens is 2. The summed E-state index contributed by atoms with van der Waals surface area (Å²) in [5.74, 6) is 6.03. The second kappa shape index (κ2) is 3.89. The van der Waals surface area contributed by atoms with Gasteiger partial charge in [-0.3, -0.25) is 4.79 Å². The first-order chi connectivity index (χ1) is 7.33. The smallest absolute Gasteiger partial charge is 0.205 e. The molecule has 72 valence electrons. The van der Waals surface area contributed by atoms with Gasteiger partial charge in [0.05, 0.1) is 5.52 Å². The zero-order valence-electron chi connectivity index (χ0n) is 8.19. The van der Waals surface area contributed by atoms with Gasteiger partial charge in [0, 0.05) is 17.1 Å². The number of carbonyl (C=O) groups excluding carboxylic acids is 1. The summed E-state index contributed by atoms with van der Waals surface area (Å²) in [4.78, 5) is 18.9. The van der Waals surface area contributed by atoms with Crippen molar-refractivity contribution >= 4 is 17.2 Å². The monoisotopic (exact) mass is 196 g/mol. The molecule has 0 spiro atoms. The summed E-state index contributed by atoms with van der Waals surface area (Å²) in [6.45, 7) is 1.74. The van der Waals surface area contributed by atoms with Gasteiger partial charge in [-0.15, -0.1) is 0 Å². The Morgan fingerprint density at radius 1 is 1.40 bits per heavy atom. The van der Waals surface area contributed by atoms with E-state index in [-0.39, 0.29) is 0 Å². The average Bonchev–Trinajstić information content (AvgIpc) is 2.29. The molecule has 0 N–H and O–H groups in total. The average molecular weight is 196 g/mol. The van der Waals surface area contributed by atoms with Crippen molar-refractivity contribution in [3.63, 3.8) is 0 Å². The van der Waals surface area contributed by atoms with Crippen LogP contribution in [-0.4, -0.2) is 16.3 Å². The van der Waals surface area contributed by atoms with E-state index in [4.69, 9.17) is 0 Å². The van der Waals surface area contributed by atoms with Gasteiger partial charge in [0.15, 0.2) is 0 Å². The van der Waals surface area contributed by atoms with E-state index in [2.05, 4.69) is 21.8 Å². The van der Waals surface area contributed by atoms with Gasteiger partial charge in [0.2, 0.25) is 5.82 Å². The Balaban J connectivity index is 2.62. The van der Waals surface area contributed by atoms with Crippen molar-refractivity contribution in [2.75, 3.05) is 0 Å². The molecule has 2 aromatic rings. The fraction of sp³-hybridized carbons (Fsp3) is 0.0833. The van der Waals surface area contributed by atoms with E-state index in [1.165, 1.54) is 0 Å². The maximum atomic E-state index is 10.6. The first-order valence-electron chi connectivity index (χ1n) is 4.48. The molecule has 1 heterocycles. The van der Waals surface area contributed by atoms with E-state index in [1.807, 2.05) is 0 Å². The molecule has 0 saturated heterocycles. The van der Waals surface area contributed by atoms with E-state index >= 15 is 0 Å². The van der Waals surface area contributed by atoms with Crippen molar-refractivity contribution < 1.29 is 4.79 Å². The summed E-state index contributed by atoms with van der Waals surface area (Å²) in [5.41, 5.74) is 1.42. The standard InChI is InChI=1S/C12H8N2O/c1-2-3-12-13-7-10-6-9(8-15)4-5-11(10)14-12/h4-8H,1H3. The van der Waals surface area contributed by atoms with Gasteiger partial charge in [-0.25, -0.2) is 9.97 Å². The number of nitrogens with zero attached hydrogens (tertiary/aromatic N) is 2. The molecule has 0 unspecified atom stereocenters. The molecule has 1 aromatic carbocycles. The molecule has 2 rings (SSSR count). The van der Waals surface area contributed by atoms with Crippen molar-refractivity contribution in [1.29, 1.82) is 0 Å². The molecule has 0 atom stereocenters. The second-order valence-electron chi connectivity index (χ2n) is 3.00. The molecule has 3 heteroatoms. The Labute approximate surface area is 87.2 Å². The van der Waals surface area contributed by atoms with Gasteiger partial charge in [0.25, 0.3) is 0 Å². The minimum absolute atomic E-state index is 0.504. The molecule has 0 radical (unpaired) electrons. The van der Waals surface area contributed by atoms with Crippen molar-refractivity contribution in [1.82, 2.24) is 9.97 Å². The number of aldehydes is 1. The van der Waals surface area contributed by atoms with Crippen molar-refractivity contribution in [3.8, 4) is 11.8 Å². The normalized spacial score (nSPS) is 9.40. The fourth-order valence-corrected chi connectivity index (χ4v) is 1.30. The molecule has 15 heavy (non-hydrogen) atoms.